The van der Waals surface area contributed by atoms with Crippen LogP contribution in [0.3, 0.4) is 0 Å². The first-order valence-electron chi connectivity index (χ1n) is 8.18. The first-order chi connectivity index (χ1) is 14.0. The molecule has 0 amide bonds. The molecule has 0 aliphatic rings. The van der Waals surface area contributed by atoms with Crippen LogP contribution in [0.5, 0.6) is 0 Å². The molecule has 0 spiro atoms. The maximum Gasteiger partial charge on any atom is 0.529 e. The normalized spacial score (nSPS) is 15.2. The molecule has 2 N–H and O–H groups in total. The maximum absolute atomic E-state index is 11.8. The van der Waals surface area contributed by atoms with Crippen LogP contribution in [0.25, 0.3) is 12.2 Å². The first-order valence-corrected chi connectivity index (χ1v) is 11.2. The van der Waals surface area contributed by atoms with Crippen molar-refractivity contribution in [2.45, 2.75) is 0 Å². The fourth-order valence-electron chi connectivity index (χ4n) is 2.04. The van der Waals surface area contributed by atoms with Gasteiger partial charge in [0.15, 0.2) is 0 Å². The van der Waals surface area contributed by atoms with Crippen LogP contribution in [-0.4, -0.2) is 35.9 Å². The van der Waals surface area contributed by atoms with Gasteiger partial charge in [0.2, 0.25) is 0 Å². The molecule has 2 atom stereocenters. The van der Waals surface area contributed by atoms with E-state index >= 15 is 0 Å². The molecule has 10 nitrogen and oxygen atoms in total. The number of hydrogen-bond donors (Lipinski definition) is 2. The summed E-state index contributed by atoms with van der Waals surface area (Å²) in [6.45, 7) is 0. The van der Waals surface area contributed by atoms with Gasteiger partial charge in [0.1, 0.15) is 0 Å². The molecule has 2 rings (SSSR count). The van der Waals surface area contributed by atoms with Gasteiger partial charge in [-0.1, -0.05) is 36.4 Å². The Kier molecular flexibility index (Phi) is 7.86. The number of benzene rings is 2. The Morgan fingerprint density at radius 2 is 1.00 bits per heavy atom. The highest BCUT2D eigenvalue weighted by atomic mass is 31.2. The monoisotopic (exact) mass is 456 g/mol. The van der Waals surface area contributed by atoms with Crippen LogP contribution in [0, 0.1) is 0 Å². The molecule has 160 valence electrons. The number of carbonyl (C=O) groups excluding carboxylic acids is 2. The summed E-state index contributed by atoms with van der Waals surface area (Å²) in [4.78, 5) is 41.9. The molecular weight excluding hydrogens is 438 g/mol. The van der Waals surface area contributed by atoms with Gasteiger partial charge in [-0.05, 0) is 35.4 Å². The lowest BCUT2D eigenvalue weighted by Gasteiger charge is -2.09. The third-order valence-corrected chi connectivity index (χ3v) is 5.33. The Bertz CT molecular complexity index is 944. The van der Waals surface area contributed by atoms with Crippen molar-refractivity contribution in [2.75, 3.05) is 14.2 Å². The Hall–Kier alpha value is -2.58. The number of phosphoric acid groups is 2. The SMILES string of the molecule is COP(=O)(O)OC(=O)c1ccc(/C=C/c2ccc(C(=O)OP(=O)(O)OC)cc2)cc1. The van der Waals surface area contributed by atoms with Crippen molar-refractivity contribution >= 4 is 39.7 Å². The molecule has 0 bridgehead atoms. The van der Waals surface area contributed by atoms with Gasteiger partial charge in [-0.25, -0.2) is 18.7 Å². The topological polar surface area (TPSA) is 146 Å². The second kappa shape index (κ2) is 9.95. The molecule has 12 heteroatoms. The van der Waals surface area contributed by atoms with Crippen LogP contribution >= 0.6 is 15.6 Å². The van der Waals surface area contributed by atoms with E-state index in [2.05, 4.69) is 18.1 Å². The molecular formula is C18H18O10P2. The fraction of sp³-hybridized carbons (Fsp3) is 0.111. The van der Waals surface area contributed by atoms with E-state index in [1.807, 2.05) is 0 Å². The van der Waals surface area contributed by atoms with Crippen LogP contribution in [-0.2, 0) is 27.2 Å². The van der Waals surface area contributed by atoms with E-state index in [1.54, 1.807) is 36.4 Å². The largest absolute Gasteiger partial charge is 0.529 e. The summed E-state index contributed by atoms with van der Waals surface area (Å²) in [5, 5.41) is 0. The summed E-state index contributed by atoms with van der Waals surface area (Å²) in [6.07, 6.45) is 3.45. The summed E-state index contributed by atoms with van der Waals surface area (Å²) < 4.78 is 39.6. The van der Waals surface area contributed by atoms with E-state index in [4.69, 9.17) is 9.79 Å². The third kappa shape index (κ3) is 7.03. The second-order valence-electron chi connectivity index (χ2n) is 5.64. The predicted octanol–water partition coefficient (Wildman–Crippen LogP) is 3.66. The molecule has 30 heavy (non-hydrogen) atoms. The van der Waals surface area contributed by atoms with Gasteiger partial charge in [-0.15, -0.1) is 0 Å². The second-order valence-corrected chi connectivity index (χ2v) is 8.61. The number of phosphoric ester groups is 2. The smallest absolute Gasteiger partial charge is 0.367 e. The van der Waals surface area contributed by atoms with E-state index in [1.165, 1.54) is 24.3 Å². The zero-order valence-corrected chi connectivity index (χ0v) is 17.6. The highest BCUT2D eigenvalue weighted by Gasteiger charge is 2.25. The quantitative estimate of drug-likeness (QED) is 0.446. The maximum atomic E-state index is 11.8. The van der Waals surface area contributed by atoms with Crippen molar-refractivity contribution in [3.8, 4) is 0 Å². The zero-order chi connectivity index (χ0) is 22.4. The minimum absolute atomic E-state index is 0.0681. The van der Waals surface area contributed by atoms with Gasteiger partial charge in [0.25, 0.3) is 0 Å². The first kappa shape index (κ1) is 23.7. The van der Waals surface area contributed by atoms with Crippen molar-refractivity contribution in [3.05, 3.63) is 70.8 Å². The van der Waals surface area contributed by atoms with Crippen molar-refractivity contribution < 1.29 is 46.6 Å². The molecule has 0 fully saturated rings. The molecule has 0 aliphatic carbocycles. The number of rotatable bonds is 8. The molecule has 0 radical (unpaired) electrons. The fourth-order valence-corrected chi connectivity index (χ4v) is 2.82. The van der Waals surface area contributed by atoms with Crippen LogP contribution in [0.1, 0.15) is 31.8 Å². The van der Waals surface area contributed by atoms with Crippen LogP contribution < -0.4 is 0 Å². The van der Waals surface area contributed by atoms with Gasteiger partial charge in [0, 0.05) is 14.2 Å². The van der Waals surface area contributed by atoms with E-state index in [-0.39, 0.29) is 11.1 Å². The summed E-state index contributed by atoms with van der Waals surface area (Å²) >= 11 is 0. The lowest BCUT2D eigenvalue weighted by Crippen LogP contribution is -2.04. The summed E-state index contributed by atoms with van der Waals surface area (Å²) in [7, 11) is -6.94. The Morgan fingerprint density at radius 3 is 1.27 bits per heavy atom. The van der Waals surface area contributed by atoms with Crippen molar-refractivity contribution in [1.29, 1.82) is 0 Å². The van der Waals surface area contributed by atoms with Gasteiger partial charge < -0.3 is 9.05 Å². The molecule has 2 aromatic rings. The van der Waals surface area contributed by atoms with Gasteiger partial charge >= 0.3 is 27.6 Å². The average Bonchev–Trinajstić information content (AvgIpc) is 2.72. The summed E-state index contributed by atoms with van der Waals surface area (Å²) in [5.41, 5.74) is 1.57. The Morgan fingerprint density at radius 1 is 0.700 bits per heavy atom. The molecule has 0 heterocycles. The highest BCUT2D eigenvalue weighted by molar-refractivity contribution is 7.48. The number of carbonyl (C=O) groups is 2. The van der Waals surface area contributed by atoms with Crippen molar-refractivity contribution in [3.63, 3.8) is 0 Å². The lowest BCUT2D eigenvalue weighted by atomic mass is 10.1. The molecule has 0 saturated carbocycles. The molecule has 2 aromatic carbocycles. The van der Waals surface area contributed by atoms with Crippen LogP contribution in [0.2, 0.25) is 0 Å². The standard InChI is InChI=1S/C18H18O10P2/c1-25-29(21,22)27-17(19)15-9-5-13(6-10-15)3-4-14-7-11-16(12-8-14)18(20)28-30(23,24)26-2/h3-12H,1-2H3,(H,21,22)(H,23,24)/b4-3+. The van der Waals surface area contributed by atoms with Gasteiger partial charge in [-0.2, -0.15) is 0 Å². The average molecular weight is 456 g/mol. The zero-order valence-electron chi connectivity index (χ0n) is 15.8. The molecule has 0 saturated heterocycles. The van der Waals surface area contributed by atoms with Crippen LogP contribution in [0.15, 0.2) is 48.5 Å². The minimum atomic E-state index is -4.42. The van der Waals surface area contributed by atoms with E-state index < -0.39 is 27.6 Å². The van der Waals surface area contributed by atoms with Crippen molar-refractivity contribution in [1.82, 2.24) is 0 Å². The van der Waals surface area contributed by atoms with Gasteiger partial charge in [-0.3, -0.25) is 18.8 Å². The summed E-state index contributed by atoms with van der Waals surface area (Å²) in [6, 6.07) is 12.0. The molecule has 0 aromatic heterocycles. The minimum Gasteiger partial charge on any atom is -0.367 e. The van der Waals surface area contributed by atoms with E-state index in [0.717, 1.165) is 25.3 Å². The van der Waals surface area contributed by atoms with Crippen molar-refractivity contribution in [2.24, 2.45) is 0 Å². The van der Waals surface area contributed by atoms with Gasteiger partial charge in [0.05, 0.1) is 11.1 Å². The molecule has 2 unspecified atom stereocenters. The Balaban J connectivity index is 2.02. The van der Waals surface area contributed by atoms with Crippen LogP contribution in [0.4, 0.5) is 0 Å². The lowest BCUT2D eigenvalue weighted by molar-refractivity contribution is 0.0646. The van der Waals surface area contributed by atoms with E-state index in [9.17, 15) is 18.7 Å². The van der Waals surface area contributed by atoms with E-state index in [0.29, 0.717) is 0 Å². The number of hydrogen-bond acceptors (Lipinski definition) is 8. The molecule has 0 aliphatic heterocycles. The Labute approximate surface area is 171 Å². The third-order valence-electron chi connectivity index (χ3n) is 3.62. The summed E-state index contributed by atoms with van der Waals surface area (Å²) in [5.74, 6) is -2.00. The predicted molar refractivity (Wildman–Crippen MR) is 106 cm³/mol. The highest BCUT2D eigenvalue weighted by Crippen LogP contribution is 2.43.